The molecule has 0 spiro atoms. The van der Waals surface area contributed by atoms with E-state index in [2.05, 4.69) is 5.32 Å². The van der Waals surface area contributed by atoms with Crippen LogP contribution in [0.25, 0.3) is 11.0 Å². The van der Waals surface area contributed by atoms with Gasteiger partial charge in [-0.05, 0) is 30.5 Å². The minimum atomic E-state index is -0.994. The van der Waals surface area contributed by atoms with Crippen molar-refractivity contribution in [1.29, 1.82) is 0 Å². The third-order valence-electron chi connectivity index (χ3n) is 4.67. The zero-order chi connectivity index (χ0) is 21.0. The Morgan fingerprint density at radius 1 is 1.03 bits per heavy atom. The summed E-state index contributed by atoms with van der Waals surface area (Å²) in [5.41, 5.74) is 2.89. The molecule has 0 saturated heterocycles. The monoisotopic (exact) mass is 395 g/mol. The number of anilines is 1. The van der Waals surface area contributed by atoms with Crippen molar-refractivity contribution in [2.45, 2.75) is 39.4 Å². The summed E-state index contributed by atoms with van der Waals surface area (Å²) in [5, 5.41) is 3.63. The van der Waals surface area contributed by atoms with Crippen LogP contribution < -0.4 is 5.32 Å². The second kappa shape index (κ2) is 8.92. The summed E-state index contributed by atoms with van der Waals surface area (Å²) in [6.45, 7) is 5.83. The van der Waals surface area contributed by atoms with E-state index in [1.165, 1.54) is 6.92 Å². The maximum atomic E-state index is 12.7. The highest BCUT2D eigenvalue weighted by molar-refractivity contribution is 5.99. The van der Waals surface area contributed by atoms with E-state index in [9.17, 15) is 9.59 Å². The fourth-order valence-corrected chi connectivity index (χ4v) is 3.17. The summed E-state index contributed by atoms with van der Waals surface area (Å²) in [7, 11) is 1.54. The third kappa shape index (κ3) is 4.49. The minimum Gasteiger partial charge on any atom is -0.449 e. The van der Waals surface area contributed by atoms with E-state index in [4.69, 9.17) is 13.9 Å². The molecule has 3 rings (SSSR count). The first kappa shape index (κ1) is 20.6. The fraction of sp³-hybridized carbons (Fsp3) is 0.304. The van der Waals surface area contributed by atoms with Crippen molar-refractivity contribution < 1.29 is 23.5 Å². The molecular weight excluding hydrogens is 370 g/mol. The summed E-state index contributed by atoms with van der Waals surface area (Å²) in [6, 6.07) is 14.9. The molecule has 152 valence electrons. The Bertz CT molecular complexity index is 1020. The number of hydrogen-bond donors (Lipinski definition) is 1. The zero-order valence-electron chi connectivity index (χ0n) is 17.0. The Morgan fingerprint density at radius 2 is 1.72 bits per heavy atom. The molecule has 0 aliphatic carbocycles. The summed E-state index contributed by atoms with van der Waals surface area (Å²) in [4.78, 5) is 25.3. The molecule has 0 unspecified atom stereocenters. The number of para-hydroxylation sites is 2. The van der Waals surface area contributed by atoms with Crippen molar-refractivity contribution in [2.24, 2.45) is 0 Å². The van der Waals surface area contributed by atoms with Crippen LogP contribution in [-0.2, 0) is 20.9 Å². The Hall–Kier alpha value is -3.12. The number of carbonyl (C=O) groups excluding carboxylic acids is 2. The lowest BCUT2D eigenvalue weighted by Crippen LogP contribution is -2.30. The van der Waals surface area contributed by atoms with Crippen LogP contribution in [0.5, 0.6) is 0 Å². The van der Waals surface area contributed by atoms with Gasteiger partial charge in [-0.1, -0.05) is 50.2 Å². The van der Waals surface area contributed by atoms with E-state index in [1.807, 2.05) is 56.3 Å². The standard InChI is InChI=1S/C23H25NO5/c1-14(2)16-9-5-7-11-19(16)24-22(25)15(3)28-23(26)21-18(13-27-4)17-10-6-8-12-20(17)29-21/h5-12,14-15H,13H2,1-4H3,(H,24,25)/t15-/m1/s1. The van der Waals surface area contributed by atoms with Crippen molar-refractivity contribution in [3.63, 3.8) is 0 Å². The van der Waals surface area contributed by atoms with Crippen LogP contribution >= 0.6 is 0 Å². The molecule has 1 amide bonds. The van der Waals surface area contributed by atoms with E-state index >= 15 is 0 Å². The molecule has 6 heteroatoms. The quantitative estimate of drug-likeness (QED) is 0.577. The van der Waals surface area contributed by atoms with Gasteiger partial charge in [-0.2, -0.15) is 0 Å². The molecule has 0 radical (unpaired) electrons. The molecule has 0 fully saturated rings. The minimum absolute atomic E-state index is 0.0512. The Morgan fingerprint density at radius 3 is 2.45 bits per heavy atom. The Kier molecular flexibility index (Phi) is 6.34. The van der Waals surface area contributed by atoms with Crippen LogP contribution in [0, 0.1) is 0 Å². The maximum absolute atomic E-state index is 12.7. The van der Waals surface area contributed by atoms with Crippen molar-refractivity contribution in [1.82, 2.24) is 0 Å². The first-order valence-corrected chi connectivity index (χ1v) is 9.52. The topological polar surface area (TPSA) is 77.8 Å². The van der Waals surface area contributed by atoms with Gasteiger partial charge in [-0.15, -0.1) is 0 Å². The number of ether oxygens (including phenoxy) is 2. The summed E-state index contributed by atoms with van der Waals surface area (Å²) in [5.74, 6) is -0.810. The first-order valence-electron chi connectivity index (χ1n) is 9.52. The molecule has 2 aromatic carbocycles. The zero-order valence-corrected chi connectivity index (χ0v) is 17.0. The number of benzene rings is 2. The van der Waals surface area contributed by atoms with Crippen molar-refractivity contribution in [2.75, 3.05) is 12.4 Å². The van der Waals surface area contributed by atoms with Crippen LogP contribution in [-0.4, -0.2) is 25.1 Å². The average molecular weight is 395 g/mol. The number of esters is 1. The van der Waals surface area contributed by atoms with Crippen LogP contribution in [0.2, 0.25) is 0 Å². The van der Waals surface area contributed by atoms with Gasteiger partial charge in [-0.25, -0.2) is 4.79 Å². The number of carbonyl (C=O) groups is 2. The van der Waals surface area contributed by atoms with Gasteiger partial charge in [0.2, 0.25) is 5.76 Å². The molecule has 0 saturated carbocycles. The SMILES string of the molecule is COCc1c(C(=O)O[C@H](C)C(=O)Nc2ccccc2C(C)C)oc2ccccc12. The van der Waals surface area contributed by atoms with Gasteiger partial charge in [0, 0.05) is 23.7 Å². The number of furan rings is 1. The number of hydrogen-bond acceptors (Lipinski definition) is 5. The van der Waals surface area contributed by atoms with Crippen molar-refractivity contribution >= 4 is 28.5 Å². The highest BCUT2D eigenvalue weighted by atomic mass is 16.6. The van der Waals surface area contributed by atoms with Crippen LogP contribution in [0.15, 0.2) is 52.9 Å². The van der Waals surface area contributed by atoms with Gasteiger partial charge in [0.25, 0.3) is 5.91 Å². The number of nitrogens with one attached hydrogen (secondary N) is 1. The lowest BCUT2D eigenvalue weighted by Gasteiger charge is -2.17. The van der Waals surface area contributed by atoms with E-state index in [0.29, 0.717) is 16.8 Å². The summed E-state index contributed by atoms with van der Waals surface area (Å²) < 4.78 is 16.3. The molecule has 6 nitrogen and oxygen atoms in total. The highest BCUT2D eigenvalue weighted by Gasteiger charge is 2.26. The van der Waals surface area contributed by atoms with E-state index in [-0.39, 0.29) is 18.3 Å². The molecule has 0 aliphatic heterocycles. The molecule has 3 aromatic rings. The average Bonchev–Trinajstić information content (AvgIpc) is 3.07. The molecule has 1 heterocycles. The largest absolute Gasteiger partial charge is 0.449 e. The molecule has 1 atom stereocenters. The summed E-state index contributed by atoms with van der Waals surface area (Å²) in [6.07, 6.45) is -0.994. The fourth-order valence-electron chi connectivity index (χ4n) is 3.17. The smallest absolute Gasteiger partial charge is 0.375 e. The maximum Gasteiger partial charge on any atom is 0.375 e. The lowest BCUT2D eigenvalue weighted by atomic mass is 10.0. The molecular formula is C23H25NO5. The predicted molar refractivity (Wildman–Crippen MR) is 111 cm³/mol. The van der Waals surface area contributed by atoms with Gasteiger partial charge >= 0.3 is 5.97 Å². The van der Waals surface area contributed by atoms with Crippen molar-refractivity contribution in [3.05, 3.63) is 65.4 Å². The van der Waals surface area contributed by atoms with Crippen molar-refractivity contribution in [3.8, 4) is 0 Å². The third-order valence-corrected chi connectivity index (χ3v) is 4.67. The Balaban J connectivity index is 1.76. The number of methoxy groups -OCH3 is 1. The molecule has 1 N–H and O–H groups in total. The Labute approximate surface area is 169 Å². The second-order valence-electron chi connectivity index (χ2n) is 7.12. The molecule has 0 aliphatic rings. The first-order chi connectivity index (χ1) is 13.9. The number of amides is 1. The molecule has 29 heavy (non-hydrogen) atoms. The molecule has 1 aromatic heterocycles. The van der Waals surface area contributed by atoms with Crippen LogP contribution in [0.1, 0.15) is 48.4 Å². The number of rotatable bonds is 7. The van der Waals surface area contributed by atoms with Crippen LogP contribution in [0.3, 0.4) is 0 Å². The molecule has 0 bridgehead atoms. The highest BCUT2D eigenvalue weighted by Crippen LogP contribution is 2.28. The van der Waals surface area contributed by atoms with Gasteiger partial charge in [-0.3, -0.25) is 4.79 Å². The van der Waals surface area contributed by atoms with E-state index in [1.54, 1.807) is 13.2 Å². The lowest BCUT2D eigenvalue weighted by molar-refractivity contribution is -0.123. The second-order valence-corrected chi connectivity index (χ2v) is 7.12. The van der Waals surface area contributed by atoms with E-state index in [0.717, 1.165) is 10.9 Å². The van der Waals surface area contributed by atoms with E-state index < -0.39 is 18.0 Å². The number of fused-ring (bicyclic) bond motifs is 1. The van der Waals surface area contributed by atoms with Gasteiger partial charge in [0.05, 0.1) is 6.61 Å². The predicted octanol–water partition coefficient (Wildman–Crippen LogP) is 4.89. The van der Waals surface area contributed by atoms with Crippen LogP contribution in [0.4, 0.5) is 5.69 Å². The summed E-state index contributed by atoms with van der Waals surface area (Å²) >= 11 is 0. The van der Waals surface area contributed by atoms with Gasteiger partial charge in [0.1, 0.15) is 5.58 Å². The van der Waals surface area contributed by atoms with Gasteiger partial charge < -0.3 is 19.2 Å². The normalized spacial score (nSPS) is 12.2. The van der Waals surface area contributed by atoms with Gasteiger partial charge in [0.15, 0.2) is 6.10 Å².